The second-order valence-corrected chi connectivity index (χ2v) is 17.6. The summed E-state index contributed by atoms with van der Waals surface area (Å²) in [4.78, 5) is 20.0. The number of hydrogen-bond donors (Lipinski definition) is 0. The molecule has 1 saturated heterocycles. The van der Waals surface area contributed by atoms with E-state index in [4.69, 9.17) is 9.47 Å². The molecule has 0 amide bonds. The zero-order valence-electron chi connectivity index (χ0n) is 38.0. The van der Waals surface area contributed by atoms with Crippen LogP contribution >= 0.6 is 0 Å². The molecule has 0 unspecified atom stereocenters. The maximum atomic E-state index is 12.1. The van der Waals surface area contributed by atoms with Crippen molar-refractivity contribution >= 4 is 5.97 Å². The molecule has 0 saturated carbocycles. The lowest BCUT2D eigenvalue weighted by atomic mass is 10.0. The van der Waals surface area contributed by atoms with E-state index in [0.717, 1.165) is 25.9 Å². The molecular weight excluding hydrogens is 679 g/mol. The van der Waals surface area contributed by atoms with Crippen LogP contribution in [0.3, 0.4) is 0 Å². The van der Waals surface area contributed by atoms with Crippen molar-refractivity contribution in [3.05, 3.63) is 0 Å². The van der Waals surface area contributed by atoms with E-state index in [0.29, 0.717) is 19.1 Å². The van der Waals surface area contributed by atoms with Gasteiger partial charge in [0.2, 0.25) is 0 Å². The highest BCUT2D eigenvalue weighted by molar-refractivity contribution is 5.69. The number of nitrogens with zero attached hydrogens (tertiary/aromatic N) is 3. The molecule has 328 valence electrons. The van der Waals surface area contributed by atoms with Crippen LogP contribution < -0.4 is 0 Å². The van der Waals surface area contributed by atoms with Gasteiger partial charge >= 0.3 is 5.97 Å². The van der Waals surface area contributed by atoms with Crippen molar-refractivity contribution in [2.45, 2.75) is 239 Å². The number of ether oxygens (including phenoxy) is 2. The average Bonchev–Trinajstić information content (AvgIpc) is 3.19. The predicted molar refractivity (Wildman–Crippen MR) is 240 cm³/mol. The Bertz CT molecular complexity index is 758. The Labute approximate surface area is 345 Å². The lowest BCUT2D eigenvalue weighted by molar-refractivity contribution is -0.143. The minimum Gasteiger partial charge on any atom is -0.466 e. The highest BCUT2D eigenvalue weighted by Gasteiger charge is 2.15. The fourth-order valence-corrected chi connectivity index (χ4v) is 8.15. The van der Waals surface area contributed by atoms with Gasteiger partial charge in [-0.25, -0.2) is 0 Å². The molecule has 0 spiro atoms. The summed E-state index contributed by atoms with van der Waals surface area (Å²) < 4.78 is 12.0. The minimum absolute atomic E-state index is 0.0145. The Morgan fingerprint density at radius 1 is 0.491 bits per heavy atom. The maximum absolute atomic E-state index is 12.1. The van der Waals surface area contributed by atoms with Crippen molar-refractivity contribution in [2.75, 3.05) is 72.6 Å². The highest BCUT2D eigenvalue weighted by atomic mass is 16.5. The van der Waals surface area contributed by atoms with Crippen LogP contribution in [0, 0.1) is 0 Å². The van der Waals surface area contributed by atoms with Gasteiger partial charge in [-0.15, -0.1) is 0 Å². The second kappa shape index (κ2) is 41.5. The van der Waals surface area contributed by atoms with Gasteiger partial charge in [-0.05, 0) is 65.1 Å². The normalized spacial score (nSPS) is 14.1. The number of rotatable bonds is 43. The van der Waals surface area contributed by atoms with Gasteiger partial charge in [0.1, 0.15) is 0 Å². The highest BCUT2D eigenvalue weighted by Crippen LogP contribution is 2.18. The van der Waals surface area contributed by atoms with E-state index in [-0.39, 0.29) is 5.97 Å². The lowest BCUT2D eigenvalue weighted by Crippen LogP contribution is -2.47. The fourth-order valence-electron chi connectivity index (χ4n) is 8.15. The van der Waals surface area contributed by atoms with Crippen molar-refractivity contribution in [1.82, 2.24) is 14.7 Å². The first-order chi connectivity index (χ1) is 27.1. The van der Waals surface area contributed by atoms with Gasteiger partial charge in [-0.1, -0.05) is 181 Å². The minimum atomic E-state index is 0.0145. The summed E-state index contributed by atoms with van der Waals surface area (Å²) in [6, 6.07) is 0. The first kappa shape index (κ1) is 52.3. The largest absolute Gasteiger partial charge is 0.466 e. The van der Waals surface area contributed by atoms with Gasteiger partial charge in [0.05, 0.1) is 12.7 Å². The fraction of sp³-hybridized carbons (Fsp3) is 0.980. The smallest absolute Gasteiger partial charge is 0.305 e. The van der Waals surface area contributed by atoms with Crippen LogP contribution in [-0.2, 0) is 14.3 Å². The molecule has 1 fully saturated rings. The molecule has 0 aromatic rings. The summed E-state index contributed by atoms with van der Waals surface area (Å²) in [5, 5.41) is 0. The molecule has 1 rings (SSSR count). The van der Waals surface area contributed by atoms with Crippen molar-refractivity contribution in [3.8, 4) is 0 Å². The van der Waals surface area contributed by atoms with E-state index in [1.807, 2.05) is 0 Å². The molecule has 1 aliphatic heterocycles. The number of hydrogen-bond acceptors (Lipinski definition) is 6. The van der Waals surface area contributed by atoms with E-state index in [1.165, 1.54) is 239 Å². The number of likely N-dealkylation sites (N-methyl/N-ethyl adjacent to an activating group) is 1. The Hall–Kier alpha value is -0.690. The summed E-state index contributed by atoms with van der Waals surface area (Å²) in [6.07, 6.45) is 43.0. The maximum Gasteiger partial charge on any atom is 0.305 e. The zero-order valence-corrected chi connectivity index (χ0v) is 38.0. The Morgan fingerprint density at radius 2 is 0.909 bits per heavy atom. The molecule has 0 aliphatic carbocycles. The van der Waals surface area contributed by atoms with E-state index < -0.39 is 0 Å². The van der Waals surface area contributed by atoms with E-state index >= 15 is 0 Å². The van der Waals surface area contributed by atoms with Crippen LogP contribution in [0.15, 0.2) is 0 Å². The summed E-state index contributed by atoms with van der Waals surface area (Å²) in [7, 11) is 2.25. The first-order valence-corrected chi connectivity index (χ1v) is 25.0. The van der Waals surface area contributed by atoms with Gasteiger partial charge < -0.3 is 19.3 Å². The molecule has 6 nitrogen and oxygen atoms in total. The molecule has 0 bridgehead atoms. The molecule has 0 aromatic carbocycles. The monoisotopic (exact) mass is 778 g/mol. The summed E-state index contributed by atoms with van der Waals surface area (Å²) >= 11 is 0. The molecule has 55 heavy (non-hydrogen) atoms. The molecule has 1 aliphatic rings. The van der Waals surface area contributed by atoms with Crippen molar-refractivity contribution in [1.29, 1.82) is 0 Å². The van der Waals surface area contributed by atoms with Crippen LogP contribution in [0.5, 0.6) is 0 Å². The average molecular weight is 778 g/mol. The number of carbonyl (C=O) groups excluding carboxylic acids is 1. The molecule has 0 N–H and O–H groups in total. The molecule has 6 heteroatoms. The standard InChI is InChI=1S/C49H99N3O3/c1-5-8-11-14-18-27-34-47-55-49(53)37-30-23-20-25-32-39-51(44-45-52-42-40-50(4)41-43-52)38-31-24-17-19-26-33-46-54-48(35-28-21-15-12-9-6-2)36-29-22-16-13-10-7-3/h48H,5-47H2,1-4H3. The van der Waals surface area contributed by atoms with Crippen molar-refractivity contribution < 1.29 is 14.3 Å². The number of esters is 1. The van der Waals surface area contributed by atoms with Gasteiger partial charge in [0, 0.05) is 52.3 Å². The van der Waals surface area contributed by atoms with Crippen molar-refractivity contribution in [3.63, 3.8) is 0 Å². The van der Waals surface area contributed by atoms with Gasteiger partial charge in [-0.3, -0.25) is 9.69 Å². The van der Waals surface area contributed by atoms with Crippen LogP contribution in [0.4, 0.5) is 0 Å². The zero-order chi connectivity index (χ0) is 39.7. The van der Waals surface area contributed by atoms with E-state index in [1.54, 1.807) is 0 Å². The van der Waals surface area contributed by atoms with E-state index in [9.17, 15) is 4.79 Å². The Balaban J connectivity index is 2.22. The lowest BCUT2D eigenvalue weighted by Gasteiger charge is -2.34. The van der Waals surface area contributed by atoms with Crippen LogP contribution in [-0.4, -0.2) is 99.4 Å². The summed E-state index contributed by atoms with van der Waals surface area (Å²) in [5.74, 6) is 0.0145. The number of unbranched alkanes of at least 4 members (excludes halogenated alkanes) is 25. The Morgan fingerprint density at radius 3 is 1.42 bits per heavy atom. The van der Waals surface area contributed by atoms with Crippen LogP contribution in [0.1, 0.15) is 233 Å². The van der Waals surface area contributed by atoms with Crippen LogP contribution in [0.2, 0.25) is 0 Å². The summed E-state index contributed by atoms with van der Waals surface area (Å²) in [6.45, 7) is 18.2. The molecule has 0 atom stereocenters. The first-order valence-electron chi connectivity index (χ1n) is 25.0. The van der Waals surface area contributed by atoms with Gasteiger partial charge in [0.25, 0.3) is 0 Å². The van der Waals surface area contributed by atoms with Crippen LogP contribution in [0.25, 0.3) is 0 Å². The summed E-state index contributed by atoms with van der Waals surface area (Å²) in [5.41, 5.74) is 0. The third-order valence-corrected chi connectivity index (χ3v) is 12.2. The van der Waals surface area contributed by atoms with Gasteiger partial charge in [-0.2, -0.15) is 0 Å². The molecule has 0 aromatic heterocycles. The van der Waals surface area contributed by atoms with E-state index in [2.05, 4.69) is 42.5 Å². The quantitative estimate of drug-likeness (QED) is 0.0454. The SMILES string of the molecule is CCCCCCCCCOC(=O)CCCCCCCN(CCCCCCCCOC(CCCCCCCC)CCCCCCCC)CCN1CCN(C)CC1. The molecule has 0 radical (unpaired) electrons. The van der Waals surface area contributed by atoms with Gasteiger partial charge in [0.15, 0.2) is 0 Å². The predicted octanol–water partition coefficient (Wildman–Crippen LogP) is 13.4. The third kappa shape index (κ3) is 36.1. The number of carbonyl (C=O) groups is 1. The second-order valence-electron chi connectivity index (χ2n) is 17.6. The number of piperazine rings is 1. The third-order valence-electron chi connectivity index (χ3n) is 12.2. The molecule has 1 heterocycles. The van der Waals surface area contributed by atoms with Crippen molar-refractivity contribution in [2.24, 2.45) is 0 Å². The molecular formula is C49H99N3O3. The Kier molecular flexibility index (Phi) is 39.5. The topological polar surface area (TPSA) is 45.2 Å².